The number of nitrogens with one attached hydrogen (secondary N) is 2. The summed E-state index contributed by atoms with van der Waals surface area (Å²) in [6, 6.07) is 13.5. The van der Waals surface area contributed by atoms with Gasteiger partial charge in [-0.05, 0) is 36.2 Å². The van der Waals surface area contributed by atoms with Crippen molar-refractivity contribution < 1.29 is 23.4 Å². The van der Waals surface area contributed by atoms with E-state index in [4.69, 9.17) is 14.2 Å². The van der Waals surface area contributed by atoms with Crippen LogP contribution in [0.15, 0.2) is 48.5 Å². The van der Waals surface area contributed by atoms with E-state index in [1.165, 1.54) is 12.1 Å². The van der Waals surface area contributed by atoms with E-state index in [-0.39, 0.29) is 24.5 Å². The molecule has 32 heavy (non-hydrogen) atoms. The molecule has 2 aromatic carbocycles. The highest BCUT2D eigenvalue weighted by atomic mass is 19.1. The maximum absolute atomic E-state index is 13.3. The highest BCUT2D eigenvalue weighted by Gasteiger charge is 2.31. The number of morpholine rings is 1. The van der Waals surface area contributed by atoms with Gasteiger partial charge in [0.05, 0.1) is 19.8 Å². The predicted octanol–water partition coefficient (Wildman–Crippen LogP) is 3.26. The Balaban J connectivity index is 1.29. The lowest BCUT2D eigenvalue weighted by atomic mass is 9.97. The second kappa shape index (κ2) is 11.3. The third-order valence-electron chi connectivity index (χ3n) is 5.88. The van der Waals surface area contributed by atoms with Gasteiger partial charge in [0.1, 0.15) is 18.2 Å². The maximum Gasteiger partial charge on any atom is 0.319 e. The van der Waals surface area contributed by atoms with Gasteiger partial charge in [0.25, 0.3) is 0 Å². The number of hydrogen-bond acceptors (Lipinski definition) is 5. The van der Waals surface area contributed by atoms with Gasteiger partial charge in [0, 0.05) is 50.0 Å². The van der Waals surface area contributed by atoms with Gasteiger partial charge < -0.3 is 24.8 Å². The fourth-order valence-electron chi connectivity index (χ4n) is 4.19. The Kier molecular flexibility index (Phi) is 7.92. The first-order chi connectivity index (χ1) is 15.7. The van der Waals surface area contributed by atoms with Crippen molar-refractivity contribution in [2.75, 3.05) is 51.4 Å². The summed E-state index contributed by atoms with van der Waals surface area (Å²) in [5, 5.41) is 5.93. The number of rotatable bonds is 8. The minimum atomic E-state index is -0.339. The molecule has 4 rings (SSSR count). The van der Waals surface area contributed by atoms with E-state index in [1.54, 1.807) is 12.1 Å². The number of halogens is 1. The number of ether oxygens (including phenoxy) is 3. The largest absolute Gasteiger partial charge is 0.489 e. The van der Waals surface area contributed by atoms with Crippen LogP contribution in [0.1, 0.15) is 12.0 Å². The highest BCUT2D eigenvalue weighted by Crippen LogP contribution is 2.22. The molecule has 2 heterocycles. The monoisotopic (exact) mass is 443 g/mol. The van der Waals surface area contributed by atoms with E-state index in [1.807, 2.05) is 24.3 Å². The zero-order valence-corrected chi connectivity index (χ0v) is 18.1. The molecule has 0 radical (unpaired) electrons. The first kappa shape index (κ1) is 22.5. The van der Waals surface area contributed by atoms with Crippen molar-refractivity contribution in [3.8, 4) is 5.75 Å². The summed E-state index contributed by atoms with van der Waals surface area (Å²) in [6.45, 7) is 5.54. The highest BCUT2D eigenvalue weighted by molar-refractivity contribution is 5.89. The molecule has 2 N–H and O–H groups in total. The Morgan fingerprint density at radius 3 is 2.75 bits per heavy atom. The minimum Gasteiger partial charge on any atom is -0.489 e. The summed E-state index contributed by atoms with van der Waals surface area (Å²) in [6.07, 6.45) is 1.01. The van der Waals surface area contributed by atoms with Crippen LogP contribution in [0.2, 0.25) is 0 Å². The van der Waals surface area contributed by atoms with Gasteiger partial charge in [0.2, 0.25) is 0 Å². The number of carbonyl (C=O) groups excluding carboxylic acids is 1. The first-order valence-electron chi connectivity index (χ1n) is 11.1. The summed E-state index contributed by atoms with van der Waals surface area (Å²) >= 11 is 0. The molecule has 2 saturated heterocycles. The van der Waals surface area contributed by atoms with Gasteiger partial charge in [-0.2, -0.15) is 0 Å². The molecule has 0 aliphatic carbocycles. The van der Waals surface area contributed by atoms with Crippen LogP contribution in [0.25, 0.3) is 0 Å². The van der Waals surface area contributed by atoms with E-state index in [9.17, 15) is 9.18 Å². The summed E-state index contributed by atoms with van der Waals surface area (Å²) in [5.74, 6) is 0.539. The van der Waals surface area contributed by atoms with Crippen LogP contribution in [0.3, 0.4) is 0 Å². The average molecular weight is 444 g/mol. The van der Waals surface area contributed by atoms with Gasteiger partial charge in [-0.1, -0.05) is 18.2 Å². The van der Waals surface area contributed by atoms with E-state index < -0.39 is 0 Å². The van der Waals surface area contributed by atoms with Crippen molar-refractivity contribution in [3.05, 3.63) is 59.9 Å². The van der Waals surface area contributed by atoms with E-state index in [2.05, 4.69) is 15.5 Å². The van der Waals surface area contributed by atoms with Crippen molar-refractivity contribution in [2.24, 2.45) is 5.92 Å². The third kappa shape index (κ3) is 6.41. The second-order valence-electron chi connectivity index (χ2n) is 8.12. The second-order valence-corrected chi connectivity index (χ2v) is 8.12. The Bertz CT molecular complexity index is 885. The molecule has 0 bridgehead atoms. The molecule has 2 fully saturated rings. The van der Waals surface area contributed by atoms with E-state index in [0.717, 1.165) is 51.5 Å². The molecule has 2 amide bonds. The van der Waals surface area contributed by atoms with Crippen LogP contribution in [-0.4, -0.2) is 63.0 Å². The quantitative estimate of drug-likeness (QED) is 0.655. The zero-order valence-electron chi connectivity index (χ0n) is 18.1. The topological polar surface area (TPSA) is 72.1 Å². The normalized spacial score (nSPS) is 20.0. The number of anilines is 1. The van der Waals surface area contributed by atoms with Crippen molar-refractivity contribution in [3.63, 3.8) is 0 Å². The number of hydrogen-bond donors (Lipinski definition) is 2. The summed E-state index contributed by atoms with van der Waals surface area (Å²) in [7, 11) is 0. The number of urea groups is 1. The minimum absolute atomic E-state index is 0.234. The molecule has 0 unspecified atom stereocenters. The van der Waals surface area contributed by atoms with Gasteiger partial charge in [0.15, 0.2) is 0 Å². The molecule has 2 aliphatic rings. The lowest BCUT2D eigenvalue weighted by molar-refractivity contribution is 0.00222. The molecule has 7 nitrogen and oxygen atoms in total. The molecule has 2 aromatic rings. The number of amides is 2. The smallest absolute Gasteiger partial charge is 0.319 e. The van der Waals surface area contributed by atoms with Crippen molar-refractivity contribution >= 4 is 11.7 Å². The first-order valence-corrected chi connectivity index (χ1v) is 11.1. The van der Waals surface area contributed by atoms with Crippen LogP contribution in [0, 0.1) is 11.7 Å². The molecule has 172 valence electrons. The Morgan fingerprint density at radius 2 is 1.97 bits per heavy atom. The fraction of sp³-hybridized carbons (Fsp3) is 0.458. The summed E-state index contributed by atoms with van der Waals surface area (Å²) in [4.78, 5) is 15.0. The zero-order chi connectivity index (χ0) is 22.2. The number of nitrogens with zero attached hydrogens (tertiary/aromatic N) is 1. The average Bonchev–Trinajstić information content (AvgIpc) is 3.34. The lowest BCUT2D eigenvalue weighted by Gasteiger charge is -2.37. The molecule has 2 atom stereocenters. The molecule has 2 aliphatic heterocycles. The van der Waals surface area contributed by atoms with Gasteiger partial charge >= 0.3 is 6.03 Å². The third-order valence-corrected chi connectivity index (χ3v) is 5.88. The Hall–Kier alpha value is -2.68. The summed E-state index contributed by atoms with van der Waals surface area (Å²) in [5.41, 5.74) is 1.55. The van der Waals surface area contributed by atoms with Crippen molar-refractivity contribution in [1.82, 2.24) is 10.2 Å². The molecular formula is C24H30FN3O4. The van der Waals surface area contributed by atoms with Gasteiger partial charge in [-0.15, -0.1) is 0 Å². The van der Waals surface area contributed by atoms with E-state index in [0.29, 0.717) is 23.9 Å². The SMILES string of the molecule is O=C(NC[C@H]([C@H]1CCOC1)N1CCOCC1)Nc1cccc(COc2cccc(F)c2)c1. The van der Waals surface area contributed by atoms with Gasteiger partial charge in [-0.3, -0.25) is 4.90 Å². The standard InChI is InChI=1S/C24H30FN3O4/c25-20-4-2-6-22(14-20)32-16-18-3-1-5-21(13-18)27-24(29)26-15-23(19-7-10-31-17-19)28-8-11-30-12-9-28/h1-6,13-14,19,23H,7-12,15-17H2,(H2,26,27,29)/t19-,23+/m0/s1. The number of carbonyl (C=O) groups is 1. The van der Waals surface area contributed by atoms with Crippen LogP contribution >= 0.6 is 0 Å². The maximum atomic E-state index is 13.3. The molecule has 0 saturated carbocycles. The Labute approximate surface area is 187 Å². The van der Waals surface area contributed by atoms with E-state index >= 15 is 0 Å². The van der Waals surface area contributed by atoms with Crippen LogP contribution in [0.5, 0.6) is 5.75 Å². The van der Waals surface area contributed by atoms with Crippen LogP contribution in [-0.2, 0) is 16.1 Å². The lowest BCUT2D eigenvalue weighted by Crippen LogP contribution is -2.52. The summed E-state index contributed by atoms with van der Waals surface area (Å²) < 4.78 is 30.0. The van der Waals surface area contributed by atoms with Crippen LogP contribution < -0.4 is 15.4 Å². The molecule has 0 spiro atoms. The molecule has 0 aromatic heterocycles. The fourth-order valence-corrected chi connectivity index (χ4v) is 4.19. The molecular weight excluding hydrogens is 413 g/mol. The van der Waals surface area contributed by atoms with Crippen LogP contribution in [0.4, 0.5) is 14.9 Å². The van der Waals surface area contributed by atoms with Crippen molar-refractivity contribution in [2.45, 2.75) is 19.1 Å². The number of benzene rings is 2. The predicted molar refractivity (Wildman–Crippen MR) is 119 cm³/mol. The van der Waals surface area contributed by atoms with Crippen molar-refractivity contribution in [1.29, 1.82) is 0 Å². The van der Waals surface area contributed by atoms with Gasteiger partial charge in [-0.25, -0.2) is 9.18 Å². The molecule has 8 heteroatoms. The Morgan fingerprint density at radius 1 is 1.12 bits per heavy atom.